The van der Waals surface area contributed by atoms with Crippen molar-refractivity contribution in [2.45, 2.75) is 37.6 Å². The smallest absolute Gasteiger partial charge is 0.229 e. The molecule has 4 rings (SSSR count). The van der Waals surface area contributed by atoms with Gasteiger partial charge in [-0.2, -0.15) is 0 Å². The van der Waals surface area contributed by atoms with Gasteiger partial charge in [-0.25, -0.2) is 0 Å². The molecule has 2 heterocycles. The molecule has 33 heavy (non-hydrogen) atoms. The summed E-state index contributed by atoms with van der Waals surface area (Å²) in [6, 6.07) is 6.16. The number of aliphatic hydroxyl groups excluding tert-OH is 3. The van der Waals surface area contributed by atoms with E-state index in [0.29, 0.717) is 0 Å². The number of fused-ring (bicyclic) bond motifs is 1. The van der Waals surface area contributed by atoms with Crippen LogP contribution >= 0.6 is 0 Å². The minimum atomic E-state index is -1.63. The Morgan fingerprint density at radius 2 is 1.67 bits per heavy atom. The third-order valence-electron chi connectivity index (χ3n) is 5.43. The van der Waals surface area contributed by atoms with Gasteiger partial charge < -0.3 is 49.3 Å². The number of hydrogen-bond acceptors (Lipinski definition) is 11. The molecule has 176 valence electrons. The molecule has 1 fully saturated rings. The summed E-state index contributed by atoms with van der Waals surface area (Å²) in [6.07, 6.45) is -6.83. The second-order valence-electron chi connectivity index (χ2n) is 7.61. The first-order chi connectivity index (χ1) is 15.6. The van der Waals surface area contributed by atoms with E-state index in [1.54, 1.807) is 0 Å². The predicted octanol–water partition coefficient (Wildman–Crippen LogP) is 0.792. The maximum absolute atomic E-state index is 12.7. The zero-order chi connectivity index (χ0) is 24.0. The molecule has 1 saturated heterocycles. The molecule has 1 aliphatic rings. The minimum absolute atomic E-state index is 0.0273. The van der Waals surface area contributed by atoms with Crippen LogP contribution in [-0.2, 0) is 4.74 Å². The summed E-state index contributed by atoms with van der Waals surface area (Å²) in [6.45, 7) is 1.48. The molecule has 5 unspecified atom stereocenters. The number of aromatic hydroxyl groups is 3. The van der Waals surface area contributed by atoms with Gasteiger partial charge in [-0.15, -0.1) is 0 Å². The number of rotatable bonds is 4. The summed E-state index contributed by atoms with van der Waals surface area (Å²) >= 11 is 0. The fraction of sp³-hybridized carbons (Fsp3) is 0.318. The van der Waals surface area contributed by atoms with E-state index in [1.807, 2.05) is 0 Å². The average Bonchev–Trinajstić information content (AvgIpc) is 2.77. The van der Waals surface area contributed by atoms with E-state index < -0.39 is 47.6 Å². The van der Waals surface area contributed by atoms with Crippen LogP contribution in [0.15, 0.2) is 39.5 Å². The Kier molecular flexibility index (Phi) is 5.80. The molecule has 5 atom stereocenters. The first-order valence-electron chi connectivity index (χ1n) is 9.88. The van der Waals surface area contributed by atoms with Crippen LogP contribution in [0.2, 0.25) is 0 Å². The molecule has 0 bridgehead atoms. The van der Waals surface area contributed by atoms with E-state index in [9.17, 15) is 35.4 Å². The molecule has 11 nitrogen and oxygen atoms in total. The molecule has 1 aliphatic heterocycles. The summed E-state index contributed by atoms with van der Waals surface area (Å²) in [5.74, 6) is -1.75. The van der Waals surface area contributed by atoms with Gasteiger partial charge in [-0.1, -0.05) is 0 Å². The lowest BCUT2D eigenvalue weighted by atomic mass is 10.00. The summed E-state index contributed by atoms with van der Waals surface area (Å²) in [5.41, 5.74) is -0.460. The van der Waals surface area contributed by atoms with Gasteiger partial charge in [0.1, 0.15) is 35.0 Å². The zero-order valence-electron chi connectivity index (χ0n) is 17.5. The Bertz CT molecular complexity index is 1250. The van der Waals surface area contributed by atoms with Gasteiger partial charge in [-0.3, -0.25) is 4.79 Å². The first-order valence-corrected chi connectivity index (χ1v) is 9.88. The van der Waals surface area contributed by atoms with Crippen molar-refractivity contribution >= 4 is 11.0 Å². The third kappa shape index (κ3) is 3.91. The SMILES string of the molecule is COc1c(OC2OC(C)C(O)C(O)C2O)cc2oc(-c3ccc(O)c(O)c3)cc(=O)c2c1O. The van der Waals surface area contributed by atoms with Gasteiger partial charge in [0.2, 0.25) is 12.0 Å². The summed E-state index contributed by atoms with van der Waals surface area (Å²) < 4.78 is 21.9. The lowest BCUT2D eigenvalue weighted by molar-refractivity contribution is -0.268. The Balaban J connectivity index is 1.81. The molecule has 2 aromatic carbocycles. The maximum atomic E-state index is 12.7. The highest BCUT2D eigenvalue weighted by molar-refractivity contribution is 5.89. The monoisotopic (exact) mass is 462 g/mol. The van der Waals surface area contributed by atoms with Crippen molar-refractivity contribution in [2.75, 3.05) is 7.11 Å². The Morgan fingerprint density at radius 3 is 2.33 bits per heavy atom. The average molecular weight is 462 g/mol. The molecule has 3 aromatic rings. The fourth-order valence-corrected chi connectivity index (χ4v) is 3.60. The lowest BCUT2D eigenvalue weighted by Gasteiger charge is -2.39. The largest absolute Gasteiger partial charge is 0.504 e. The molecule has 6 N–H and O–H groups in total. The summed E-state index contributed by atoms with van der Waals surface area (Å²) in [4.78, 5) is 12.7. The number of aliphatic hydroxyl groups is 3. The van der Waals surface area contributed by atoms with Crippen molar-refractivity contribution in [2.24, 2.45) is 0 Å². The predicted molar refractivity (Wildman–Crippen MR) is 112 cm³/mol. The number of ether oxygens (including phenoxy) is 3. The molecule has 1 aromatic heterocycles. The quantitative estimate of drug-likeness (QED) is 0.302. The van der Waals surface area contributed by atoms with Gasteiger partial charge in [0.05, 0.1) is 13.2 Å². The zero-order valence-corrected chi connectivity index (χ0v) is 17.5. The molecule has 11 heteroatoms. The summed E-state index contributed by atoms with van der Waals surface area (Å²) in [5, 5.41) is 59.8. The standard InChI is InChI=1S/C22H22O11/c1-8-17(26)19(28)20(29)22(31-8)33-15-7-14-16(18(27)21(15)30-2)12(25)6-13(32-14)9-3-4-10(23)11(24)5-9/h3-8,17,19-20,22-24,26-29H,1-2H3. The van der Waals surface area contributed by atoms with Crippen LogP contribution in [0.4, 0.5) is 0 Å². The van der Waals surface area contributed by atoms with Crippen molar-refractivity contribution in [3.63, 3.8) is 0 Å². The third-order valence-corrected chi connectivity index (χ3v) is 5.43. The van der Waals surface area contributed by atoms with Gasteiger partial charge in [-0.05, 0) is 25.1 Å². The minimum Gasteiger partial charge on any atom is -0.504 e. The van der Waals surface area contributed by atoms with E-state index in [4.69, 9.17) is 18.6 Å². The van der Waals surface area contributed by atoms with E-state index >= 15 is 0 Å². The van der Waals surface area contributed by atoms with Crippen molar-refractivity contribution in [1.29, 1.82) is 0 Å². The van der Waals surface area contributed by atoms with Gasteiger partial charge in [0, 0.05) is 17.7 Å². The Hall–Kier alpha value is -3.51. The van der Waals surface area contributed by atoms with Crippen LogP contribution in [0.25, 0.3) is 22.3 Å². The van der Waals surface area contributed by atoms with Crippen molar-refractivity contribution in [3.05, 3.63) is 40.6 Å². The molecule has 0 amide bonds. The number of phenols is 3. The number of benzene rings is 2. The highest BCUT2D eigenvalue weighted by Gasteiger charge is 2.43. The Morgan fingerprint density at radius 1 is 0.939 bits per heavy atom. The lowest BCUT2D eigenvalue weighted by Crippen LogP contribution is -2.58. The van der Waals surface area contributed by atoms with E-state index in [2.05, 4.69) is 0 Å². The topological polar surface area (TPSA) is 179 Å². The molecular weight excluding hydrogens is 440 g/mol. The highest BCUT2D eigenvalue weighted by atomic mass is 16.7. The van der Waals surface area contributed by atoms with Crippen LogP contribution in [0.5, 0.6) is 28.7 Å². The molecule has 0 aliphatic carbocycles. The van der Waals surface area contributed by atoms with Crippen LogP contribution in [0, 0.1) is 0 Å². The second kappa shape index (κ2) is 8.45. The second-order valence-corrected chi connectivity index (χ2v) is 7.61. The van der Waals surface area contributed by atoms with Gasteiger partial charge >= 0.3 is 0 Å². The van der Waals surface area contributed by atoms with E-state index in [0.717, 1.165) is 6.07 Å². The van der Waals surface area contributed by atoms with Crippen LogP contribution in [-0.4, -0.2) is 68.5 Å². The molecule has 0 spiro atoms. The van der Waals surface area contributed by atoms with Crippen molar-refractivity contribution in [1.82, 2.24) is 0 Å². The molecule has 0 saturated carbocycles. The Labute approximate surface area is 186 Å². The van der Waals surface area contributed by atoms with Crippen molar-refractivity contribution < 1.29 is 49.3 Å². The number of hydrogen-bond donors (Lipinski definition) is 6. The van der Waals surface area contributed by atoms with Crippen molar-refractivity contribution in [3.8, 4) is 40.1 Å². The molecular formula is C22H22O11. The number of methoxy groups -OCH3 is 1. The fourth-order valence-electron chi connectivity index (χ4n) is 3.60. The highest BCUT2D eigenvalue weighted by Crippen LogP contribution is 2.43. The van der Waals surface area contributed by atoms with Crippen LogP contribution in [0.3, 0.4) is 0 Å². The maximum Gasteiger partial charge on any atom is 0.229 e. The van der Waals surface area contributed by atoms with Gasteiger partial charge in [0.15, 0.2) is 28.4 Å². The van der Waals surface area contributed by atoms with Crippen LogP contribution < -0.4 is 14.9 Å². The molecule has 0 radical (unpaired) electrons. The van der Waals surface area contributed by atoms with Crippen LogP contribution in [0.1, 0.15) is 6.92 Å². The first kappa shape index (κ1) is 22.7. The number of phenolic OH excluding ortho intramolecular Hbond substituents is 3. The van der Waals surface area contributed by atoms with E-state index in [1.165, 1.54) is 38.3 Å². The normalized spacial score (nSPS) is 25.2. The van der Waals surface area contributed by atoms with Gasteiger partial charge in [0.25, 0.3) is 0 Å². The summed E-state index contributed by atoms with van der Waals surface area (Å²) in [7, 11) is 1.22. The van der Waals surface area contributed by atoms with E-state index in [-0.39, 0.29) is 39.5 Å².